The van der Waals surface area contributed by atoms with E-state index in [4.69, 9.17) is 10.7 Å². The predicted octanol–water partition coefficient (Wildman–Crippen LogP) is 4.16. The van der Waals surface area contributed by atoms with E-state index in [0.29, 0.717) is 52.9 Å². The average Bonchev–Trinajstić information content (AvgIpc) is 3.51. The maximum absolute atomic E-state index is 13.8. The second-order valence-electron chi connectivity index (χ2n) is 9.23. The van der Waals surface area contributed by atoms with Crippen molar-refractivity contribution in [3.05, 3.63) is 28.2 Å². The Labute approximate surface area is 185 Å². The summed E-state index contributed by atoms with van der Waals surface area (Å²) in [5, 5.41) is 3.80. The molecule has 1 unspecified atom stereocenters. The van der Waals surface area contributed by atoms with Gasteiger partial charge in [0, 0.05) is 42.0 Å². The average molecular weight is 475 g/mol. The van der Waals surface area contributed by atoms with Gasteiger partial charge in [-0.05, 0) is 56.4 Å². The summed E-state index contributed by atoms with van der Waals surface area (Å²) in [5.41, 5.74) is -0.571. The van der Waals surface area contributed by atoms with Crippen molar-refractivity contribution in [3.8, 4) is 0 Å². The molecule has 3 heterocycles. The molecule has 1 aromatic heterocycles. The van der Waals surface area contributed by atoms with Gasteiger partial charge < -0.3 is 10.2 Å². The smallest absolute Gasteiger partial charge is 0.353 e. The monoisotopic (exact) mass is 474 g/mol. The molecule has 2 aromatic rings. The van der Waals surface area contributed by atoms with Crippen molar-refractivity contribution < 1.29 is 13.2 Å². The summed E-state index contributed by atoms with van der Waals surface area (Å²) < 4.78 is 43.1. The molecule has 10 heteroatoms. The van der Waals surface area contributed by atoms with E-state index >= 15 is 0 Å². The first-order valence-corrected chi connectivity index (χ1v) is 13.1. The van der Waals surface area contributed by atoms with Crippen LogP contribution in [-0.2, 0) is 12.7 Å². The largest absolute Gasteiger partial charge is 0.416 e. The minimum Gasteiger partial charge on any atom is -0.353 e. The van der Waals surface area contributed by atoms with Crippen LogP contribution < -0.4 is 15.9 Å². The van der Waals surface area contributed by atoms with E-state index in [9.17, 15) is 18.0 Å². The summed E-state index contributed by atoms with van der Waals surface area (Å²) in [4.78, 5) is 19.9. The molecule has 2 fully saturated rings. The Bertz CT molecular complexity index is 1080. The number of anilines is 1. The number of rotatable bonds is 2. The molecule has 0 spiro atoms. The summed E-state index contributed by atoms with van der Waals surface area (Å²) in [6.45, 7) is 5.66. The Balaban J connectivity index is 1.77. The highest BCUT2D eigenvalue weighted by atomic mass is 35.7. The normalized spacial score (nSPS) is 30.5. The van der Waals surface area contributed by atoms with E-state index in [1.54, 1.807) is 4.57 Å². The minimum atomic E-state index is -4.50. The lowest BCUT2D eigenvalue weighted by Gasteiger charge is -2.37. The Hall–Kier alpha value is -1.45. The molecule has 0 radical (unpaired) electrons. The van der Waals surface area contributed by atoms with Crippen LogP contribution in [0.3, 0.4) is 0 Å². The number of nitrogens with zero attached hydrogens (tertiary/aromatic N) is 3. The van der Waals surface area contributed by atoms with Crippen LogP contribution in [0.15, 0.2) is 21.8 Å². The van der Waals surface area contributed by atoms with Gasteiger partial charge >= 0.3 is 11.9 Å². The maximum Gasteiger partial charge on any atom is 0.416 e. The third-order valence-electron chi connectivity index (χ3n) is 6.58. The zero-order chi connectivity index (χ0) is 22.1. The molecule has 0 bridgehead atoms. The van der Waals surface area contributed by atoms with Crippen molar-refractivity contribution in [2.45, 2.75) is 56.4 Å². The molecular formula is C21H26ClF3N4OS. The minimum absolute atomic E-state index is 0.133. The maximum atomic E-state index is 13.8. The summed E-state index contributed by atoms with van der Waals surface area (Å²) >= 11 is 0. The third-order valence-corrected chi connectivity index (χ3v) is 9.19. The van der Waals surface area contributed by atoms with Crippen LogP contribution in [0.5, 0.6) is 0 Å². The fraction of sp³-hybridized carbons (Fsp3) is 0.619. The summed E-state index contributed by atoms with van der Waals surface area (Å²) in [6, 6.07) is 2.59. The molecule has 1 N–H and O–H groups in total. The fourth-order valence-electron chi connectivity index (χ4n) is 5.10. The van der Waals surface area contributed by atoms with E-state index in [2.05, 4.69) is 10.3 Å². The van der Waals surface area contributed by atoms with Crippen LogP contribution in [0.4, 0.5) is 19.0 Å². The highest BCUT2D eigenvalue weighted by molar-refractivity contribution is 8.36. The van der Waals surface area contributed by atoms with Gasteiger partial charge in [0.25, 0.3) is 0 Å². The van der Waals surface area contributed by atoms with Crippen molar-refractivity contribution in [2.24, 2.45) is 11.8 Å². The van der Waals surface area contributed by atoms with Gasteiger partial charge in [-0.1, -0.05) is 10.7 Å². The van der Waals surface area contributed by atoms with E-state index < -0.39 is 27.5 Å². The van der Waals surface area contributed by atoms with Crippen LogP contribution >= 0.6 is 20.8 Å². The Morgan fingerprint density at radius 2 is 1.81 bits per heavy atom. The summed E-state index contributed by atoms with van der Waals surface area (Å²) in [6.07, 6.45) is -2.31. The number of hydrogen-bond acceptors (Lipinski definition) is 4. The second kappa shape index (κ2) is 7.56. The van der Waals surface area contributed by atoms with Crippen molar-refractivity contribution in [1.29, 1.82) is 0 Å². The van der Waals surface area contributed by atoms with Crippen LogP contribution in [-0.4, -0.2) is 40.5 Å². The third kappa shape index (κ3) is 3.93. The molecule has 1 saturated carbocycles. The molecule has 170 valence electrons. The number of halogens is 4. The lowest BCUT2D eigenvalue weighted by Crippen LogP contribution is -2.55. The van der Waals surface area contributed by atoms with Crippen molar-refractivity contribution in [1.82, 2.24) is 14.9 Å². The first kappa shape index (κ1) is 21.4. The molecule has 3 aliphatic rings. The van der Waals surface area contributed by atoms with Crippen molar-refractivity contribution in [2.75, 3.05) is 23.7 Å². The zero-order valence-electron chi connectivity index (χ0n) is 17.4. The lowest BCUT2D eigenvalue weighted by atomic mass is 10.1. The van der Waals surface area contributed by atoms with Crippen molar-refractivity contribution in [3.63, 3.8) is 0 Å². The number of alkyl halides is 3. The molecule has 31 heavy (non-hydrogen) atoms. The van der Waals surface area contributed by atoms with Gasteiger partial charge in [0.05, 0.1) is 11.1 Å². The number of piperazine rings is 1. The van der Waals surface area contributed by atoms with Crippen LogP contribution in [0.2, 0.25) is 0 Å². The Kier molecular flexibility index (Phi) is 5.22. The predicted molar refractivity (Wildman–Crippen MR) is 119 cm³/mol. The fourth-order valence-corrected chi connectivity index (χ4v) is 7.79. The standard InChI is InChI=1S/C21H26ClF3N4OS/c1-11-7-28(8-12(2)26-11)19-16-5-15(21(23,24)25)6-17-18(16)29(20(30)27-19)9-14(10-31(17)22)13-3-4-13/h5-6,11-14,26,31H,3-4,7-10H2,1-2H3/t11-,12+,14-/m0/s1. The number of aromatic nitrogens is 2. The lowest BCUT2D eigenvalue weighted by molar-refractivity contribution is -0.137. The molecule has 2 aliphatic heterocycles. The number of thiol groups is 1. The van der Waals surface area contributed by atoms with Gasteiger partial charge in [-0.2, -0.15) is 18.2 Å². The molecule has 1 saturated heterocycles. The highest BCUT2D eigenvalue weighted by Gasteiger charge is 2.38. The number of nitrogens with one attached hydrogen (secondary N) is 1. The van der Waals surface area contributed by atoms with E-state index in [1.807, 2.05) is 18.7 Å². The quantitative estimate of drug-likeness (QED) is 0.642. The zero-order valence-corrected chi connectivity index (χ0v) is 19.1. The van der Waals surface area contributed by atoms with Gasteiger partial charge in [0.15, 0.2) is 0 Å². The van der Waals surface area contributed by atoms with Gasteiger partial charge in [0.2, 0.25) is 0 Å². The summed E-state index contributed by atoms with van der Waals surface area (Å²) in [7, 11) is 5.46. The Morgan fingerprint density at radius 3 is 2.42 bits per heavy atom. The van der Waals surface area contributed by atoms with E-state index in [0.717, 1.165) is 18.9 Å². The van der Waals surface area contributed by atoms with Gasteiger partial charge in [-0.15, -0.1) is 10.1 Å². The number of hydrogen-bond donors (Lipinski definition) is 2. The highest BCUT2D eigenvalue weighted by Crippen LogP contribution is 2.53. The van der Waals surface area contributed by atoms with E-state index in [-0.39, 0.29) is 18.0 Å². The molecular weight excluding hydrogens is 449 g/mol. The first-order valence-electron chi connectivity index (χ1n) is 10.7. The molecule has 1 aliphatic carbocycles. The molecule has 4 atom stereocenters. The van der Waals surface area contributed by atoms with E-state index in [1.165, 1.54) is 6.07 Å². The molecule has 5 rings (SSSR count). The topological polar surface area (TPSA) is 50.2 Å². The van der Waals surface area contributed by atoms with Crippen LogP contribution in [0, 0.1) is 11.8 Å². The van der Waals surface area contributed by atoms with Gasteiger partial charge in [-0.25, -0.2) is 4.79 Å². The second-order valence-corrected chi connectivity index (χ2v) is 12.0. The van der Waals surface area contributed by atoms with Gasteiger partial charge in [-0.3, -0.25) is 4.57 Å². The van der Waals surface area contributed by atoms with Crippen LogP contribution in [0.25, 0.3) is 10.9 Å². The van der Waals surface area contributed by atoms with Gasteiger partial charge in [0.1, 0.15) is 5.82 Å². The van der Waals surface area contributed by atoms with Crippen molar-refractivity contribution >= 4 is 37.5 Å². The Morgan fingerprint density at radius 1 is 1.13 bits per heavy atom. The number of benzene rings is 1. The molecule has 5 nitrogen and oxygen atoms in total. The summed E-state index contributed by atoms with van der Waals surface area (Å²) in [5.74, 6) is 1.68. The SMILES string of the molecule is C[C@@H]1CN(c2nc(=O)n3c4c(cc(C(F)(F)F)cc24)[SH](Cl)C[C@@H](C2CC2)C3)C[C@H](C)N1. The molecule has 1 aromatic carbocycles. The molecule has 0 amide bonds. The van der Waals surface area contributed by atoms with Crippen LogP contribution in [0.1, 0.15) is 32.3 Å². The first-order chi connectivity index (χ1) is 14.6.